The highest BCUT2D eigenvalue weighted by Gasteiger charge is 2.21. The maximum Gasteiger partial charge on any atom is 0.220 e. The fourth-order valence-electron chi connectivity index (χ4n) is 1.35. The molecule has 1 atom stereocenters. The molecule has 0 aliphatic carbocycles. The van der Waals surface area contributed by atoms with Crippen LogP contribution >= 0.6 is 11.6 Å². The minimum Gasteiger partial charge on any atom is -0.313 e. The predicted molar refractivity (Wildman–Crippen MR) is 53.8 cm³/mol. The fraction of sp³-hybridized carbons (Fsp3) is 0.400. The number of hydrogen-bond donors (Lipinski definition) is 1. The lowest BCUT2D eigenvalue weighted by molar-refractivity contribution is -0.335. The van der Waals surface area contributed by atoms with Gasteiger partial charge in [0.05, 0.1) is 0 Å². The SMILES string of the molecule is C[C@H](NC1OCO1)c1ccccc1Cl. The van der Waals surface area contributed by atoms with Crippen molar-refractivity contribution in [3.8, 4) is 0 Å². The average Bonchev–Trinajstić information content (AvgIpc) is 2.12. The van der Waals surface area contributed by atoms with Crippen LogP contribution in [-0.2, 0) is 9.47 Å². The number of hydrogen-bond acceptors (Lipinski definition) is 3. The van der Waals surface area contributed by atoms with E-state index in [9.17, 15) is 0 Å². The molecule has 1 N–H and O–H groups in total. The third-order valence-electron chi connectivity index (χ3n) is 2.20. The van der Waals surface area contributed by atoms with E-state index in [0.717, 1.165) is 10.6 Å². The number of benzene rings is 1. The Bertz CT molecular complexity index is 315. The molecule has 3 nitrogen and oxygen atoms in total. The molecule has 1 aromatic rings. The van der Waals surface area contributed by atoms with Crippen LogP contribution in [-0.4, -0.2) is 13.2 Å². The van der Waals surface area contributed by atoms with Crippen LogP contribution in [0.2, 0.25) is 5.02 Å². The summed E-state index contributed by atoms with van der Waals surface area (Å²) in [7, 11) is 0. The van der Waals surface area contributed by atoms with Gasteiger partial charge >= 0.3 is 0 Å². The smallest absolute Gasteiger partial charge is 0.220 e. The van der Waals surface area contributed by atoms with Gasteiger partial charge in [0, 0.05) is 11.1 Å². The Balaban J connectivity index is 2.02. The van der Waals surface area contributed by atoms with Crippen molar-refractivity contribution < 1.29 is 9.47 Å². The topological polar surface area (TPSA) is 30.5 Å². The molecular formula is C10H12ClNO2. The van der Waals surface area contributed by atoms with E-state index in [1.807, 2.05) is 31.2 Å². The van der Waals surface area contributed by atoms with Crippen LogP contribution in [0.1, 0.15) is 18.5 Å². The van der Waals surface area contributed by atoms with Gasteiger partial charge in [-0.1, -0.05) is 29.8 Å². The molecule has 1 fully saturated rings. The second-order valence-electron chi connectivity index (χ2n) is 3.19. The first kappa shape index (κ1) is 9.93. The Morgan fingerprint density at radius 1 is 1.43 bits per heavy atom. The zero-order chi connectivity index (χ0) is 9.97. The highest BCUT2D eigenvalue weighted by atomic mass is 35.5. The van der Waals surface area contributed by atoms with Crippen LogP contribution in [0.3, 0.4) is 0 Å². The third kappa shape index (κ3) is 2.07. The van der Waals surface area contributed by atoms with Gasteiger partial charge in [-0.3, -0.25) is 5.32 Å². The van der Waals surface area contributed by atoms with Crippen molar-refractivity contribution >= 4 is 11.6 Å². The highest BCUT2D eigenvalue weighted by molar-refractivity contribution is 6.31. The highest BCUT2D eigenvalue weighted by Crippen LogP contribution is 2.23. The van der Waals surface area contributed by atoms with Crippen LogP contribution < -0.4 is 5.32 Å². The second-order valence-corrected chi connectivity index (χ2v) is 3.60. The molecule has 0 radical (unpaired) electrons. The first-order valence-electron chi connectivity index (χ1n) is 4.51. The van der Waals surface area contributed by atoms with Gasteiger partial charge in [0.25, 0.3) is 0 Å². The molecule has 0 spiro atoms. The summed E-state index contributed by atoms with van der Waals surface area (Å²) in [4.78, 5) is 0. The molecule has 1 aliphatic heterocycles. The molecule has 1 aliphatic rings. The van der Waals surface area contributed by atoms with Gasteiger partial charge in [-0.2, -0.15) is 0 Å². The molecule has 0 saturated carbocycles. The number of ether oxygens (including phenoxy) is 2. The number of nitrogens with one attached hydrogen (secondary N) is 1. The predicted octanol–water partition coefficient (Wildman–Crippen LogP) is 2.28. The van der Waals surface area contributed by atoms with Crippen LogP contribution in [0.5, 0.6) is 0 Å². The minimum atomic E-state index is -0.290. The van der Waals surface area contributed by atoms with Crippen molar-refractivity contribution in [3.05, 3.63) is 34.9 Å². The van der Waals surface area contributed by atoms with Crippen LogP contribution in [0.25, 0.3) is 0 Å². The Kier molecular flexibility index (Phi) is 3.03. The Morgan fingerprint density at radius 3 is 2.71 bits per heavy atom. The zero-order valence-corrected chi connectivity index (χ0v) is 8.62. The molecule has 1 saturated heterocycles. The lowest BCUT2D eigenvalue weighted by Crippen LogP contribution is -2.44. The van der Waals surface area contributed by atoms with E-state index < -0.39 is 0 Å². The third-order valence-corrected chi connectivity index (χ3v) is 2.54. The van der Waals surface area contributed by atoms with E-state index in [1.54, 1.807) is 0 Å². The maximum atomic E-state index is 6.04. The first-order chi connectivity index (χ1) is 6.77. The Labute approximate surface area is 88.0 Å². The van der Waals surface area contributed by atoms with Crippen molar-refractivity contribution in [3.63, 3.8) is 0 Å². The molecule has 1 aromatic carbocycles. The van der Waals surface area contributed by atoms with Crippen molar-refractivity contribution in [2.45, 2.75) is 19.4 Å². The molecule has 0 amide bonds. The number of rotatable bonds is 3. The van der Waals surface area contributed by atoms with E-state index >= 15 is 0 Å². The lowest BCUT2D eigenvalue weighted by Gasteiger charge is -2.30. The fourth-order valence-corrected chi connectivity index (χ4v) is 1.65. The summed E-state index contributed by atoms with van der Waals surface area (Å²) in [6.45, 7) is 2.39. The molecule has 0 unspecified atom stereocenters. The average molecular weight is 214 g/mol. The van der Waals surface area contributed by atoms with Crippen LogP contribution in [0, 0.1) is 0 Å². The lowest BCUT2D eigenvalue weighted by atomic mass is 10.1. The van der Waals surface area contributed by atoms with Gasteiger partial charge in [-0.25, -0.2) is 0 Å². The summed E-state index contributed by atoms with van der Waals surface area (Å²) >= 11 is 6.04. The van der Waals surface area contributed by atoms with Crippen LogP contribution in [0.4, 0.5) is 0 Å². The number of halogens is 1. The molecule has 0 aromatic heterocycles. The minimum absolute atomic E-state index is 0.119. The van der Waals surface area contributed by atoms with E-state index in [0.29, 0.717) is 6.79 Å². The van der Waals surface area contributed by atoms with Gasteiger partial charge in [-0.15, -0.1) is 0 Å². The molecule has 4 heteroatoms. The van der Waals surface area contributed by atoms with Crippen LogP contribution in [0.15, 0.2) is 24.3 Å². The quantitative estimate of drug-likeness (QED) is 0.836. The standard InChI is InChI=1S/C10H12ClNO2/c1-7(12-10-13-6-14-10)8-4-2-3-5-9(8)11/h2-5,7,10,12H,6H2,1H3/t7-/m0/s1. The molecule has 76 valence electrons. The van der Waals surface area contributed by atoms with E-state index in [-0.39, 0.29) is 12.5 Å². The van der Waals surface area contributed by atoms with Crippen molar-refractivity contribution in [2.24, 2.45) is 0 Å². The summed E-state index contributed by atoms with van der Waals surface area (Å²) in [6.07, 6.45) is -0.290. The summed E-state index contributed by atoms with van der Waals surface area (Å²) in [5.41, 5.74) is 1.05. The van der Waals surface area contributed by atoms with Crippen molar-refractivity contribution in [1.82, 2.24) is 5.32 Å². The van der Waals surface area contributed by atoms with E-state index in [1.165, 1.54) is 0 Å². The zero-order valence-electron chi connectivity index (χ0n) is 7.87. The van der Waals surface area contributed by atoms with Gasteiger partial charge in [0.1, 0.15) is 0 Å². The molecule has 14 heavy (non-hydrogen) atoms. The van der Waals surface area contributed by atoms with Gasteiger partial charge < -0.3 is 9.47 Å². The summed E-state index contributed by atoms with van der Waals surface area (Å²) < 4.78 is 10.2. The van der Waals surface area contributed by atoms with Gasteiger partial charge in [0.15, 0.2) is 6.79 Å². The van der Waals surface area contributed by atoms with Gasteiger partial charge in [-0.05, 0) is 18.6 Å². The Morgan fingerprint density at radius 2 is 2.14 bits per heavy atom. The first-order valence-corrected chi connectivity index (χ1v) is 4.89. The molecular weight excluding hydrogens is 202 g/mol. The second kappa shape index (κ2) is 4.28. The summed E-state index contributed by atoms with van der Waals surface area (Å²) in [6, 6.07) is 7.85. The molecule has 1 heterocycles. The molecule has 0 bridgehead atoms. The summed E-state index contributed by atoms with van der Waals surface area (Å²) in [5.74, 6) is 0. The van der Waals surface area contributed by atoms with E-state index in [2.05, 4.69) is 5.32 Å². The normalized spacial score (nSPS) is 19.0. The monoisotopic (exact) mass is 213 g/mol. The van der Waals surface area contributed by atoms with Crippen molar-refractivity contribution in [2.75, 3.05) is 6.79 Å². The molecule has 2 rings (SSSR count). The van der Waals surface area contributed by atoms with Gasteiger partial charge in [0.2, 0.25) is 6.41 Å². The Hall–Kier alpha value is -0.610. The van der Waals surface area contributed by atoms with Crippen molar-refractivity contribution in [1.29, 1.82) is 0 Å². The maximum absolute atomic E-state index is 6.04. The summed E-state index contributed by atoms with van der Waals surface area (Å²) in [5, 5.41) is 3.90. The van der Waals surface area contributed by atoms with E-state index in [4.69, 9.17) is 21.1 Å². The largest absolute Gasteiger partial charge is 0.313 e.